The first-order valence-corrected chi connectivity index (χ1v) is 9.13. The molecule has 1 fully saturated rings. The van der Waals surface area contributed by atoms with E-state index in [1.165, 1.54) is 49.7 Å². The quantitative estimate of drug-likeness (QED) is 0.705. The molecule has 1 saturated carbocycles. The van der Waals surface area contributed by atoms with Crippen molar-refractivity contribution in [2.45, 2.75) is 78.2 Å². The lowest BCUT2D eigenvalue weighted by molar-refractivity contribution is 0.301. The van der Waals surface area contributed by atoms with Crippen molar-refractivity contribution < 1.29 is 0 Å². The van der Waals surface area contributed by atoms with Gasteiger partial charge in [0.05, 0.1) is 0 Å². The lowest BCUT2D eigenvalue weighted by Crippen LogP contribution is -2.25. The zero-order valence-corrected chi connectivity index (χ0v) is 14.3. The van der Waals surface area contributed by atoms with Gasteiger partial charge in [-0.05, 0) is 48.4 Å². The Kier molecular flexibility index (Phi) is 6.76. The molecule has 1 aromatic carbocycles. The monoisotopic (exact) mass is 287 g/mol. The van der Waals surface area contributed by atoms with Crippen molar-refractivity contribution in [3.05, 3.63) is 34.9 Å². The maximum atomic E-state index is 3.77. The van der Waals surface area contributed by atoms with Crippen LogP contribution >= 0.6 is 0 Å². The fraction of sp³-hybridized carbons (Fsp3) is 0.700. The topological polar surface area (TPSA) is 12.0 Å². The van der Waals surface area contributed by atoms with Crippen molar-refractivity contribution in [2.75, 3.05) is 6.54 Å². The lowest BCUT2D eigenvalue weighted by atomic mass is 9.82. The summed E-state index contributed by atoms with van der Waals surface area (Å²) < 4.78 is 0. The van der Waals surface area contributed by atoms with Crippen molar-refractivity contribution in [3.63, 3.8) is 0 Å². The van der Waals surface area contributed by atoms with Gasteiger partial charge in [-0.2, -0.15) is 0 Å². The lowest BCUT2D eigenvalue weighted by Gasteiger charge is -2.29. The fourth-order valence-electron chi connectivity index (χ4n) is 3.83. The Bertz CT molecular complexity index is 418. The van der Waals surface area contributed by atoms with E-state index >= 15 is 0 Å². The number of hydrogen-bond acceptors (Lipinski definition) is 1. The third-order valence-corrected chi connectivity index (χ3v) is 5.12. The molecule has 1 aliphatic rings. The van der Waals surface area contributed by atoms with Crippen LogP contribution in [0.2, 0.25) is 0 Å². The SMILES string of the molecule is CCNC(CC1CCCCC1)c1cc(CC)ccc1CC. The van der Waals surface area contributed by atoms with Gasteiger partial charge in [-0.15, -0.1) is 0 Å². The predicted octanol–water partition coefficient (Wildman–Crippen LogP) is 5.43. The number of hydrogen-bond donors (Lipinski definition) is 1. The molecule has 21 heavy (non-hydrogen) atoms. The van der Waals surface area contributed by atoms with Gasteiger partial charge in [0.2, 0.25) is 0 Å². The van der Waals surface area contributed by atoms with Crippen LogP contribution in [0.5, 0.6) is 0 Å². The van der Waals surface area contributed by atoms with E-state index in [0.29, 0.717) is 6.04 Å². The van der Waals surface area contributed by atoms with Gasteiger partial charge in [0.25, 0.3) is 0 Å². The van der Waals surface area contributed by atoms with E-state index in [2.05, 4.69) is 44.3 Å². The molecule has 1 heteroatoms. The summed E-state index contributed by atoms with van der Waals surface area (Å²) in [6.07, 6.45) is 10.8. The van der Waals surface area contributed by atoms with Crippen LogP contribution in [-0.4, -0.2) is 6.54 Å². The van der Waals surface area contributed by atoms with E-state index in [1.807, 2.05) is 0 Å². The molecule has 118 valence electrons. The highest BCUT2D eigenvalue weighted by atomic mass is 14.9. The molecular weight excluding hydrogens is 254 g/mol. The fourth-order valence-corrected chi connectivity index (χ4v) is 3.83. The van der Waals surface area contributed by atoms with Crippen LogP contribution in [0.1, 0.15) is 82.0 Å². The van der Waals surface area contributed by atoms with Crippen LogP contribution in [0.15, 0.2) is 18.2 Å². The molecule has 2 rings (SSSR count). The Morgan fingerprint density at radius 3 is 2.43 bits per heavy atom. The van der Waals surface area contributed by atoms with Crippen molar-refractivity contribution in [1.29, 1.82) is 0 Å². The largest absolute Gasteiger partial charge is 0.310 e. The van der Waals surface area contributed by atoms with Crippen LogP contribution < -0.4 is 5.32 Å². The molecule has 1 atom stereocenters. The van der Waals surface area contributed by atoms with Crippen LogP contribution in [0.25, 0.3) is 0 Å². The van der Waals surface area contributed by atoms with Crippen molar-refractivity contribution in [2.24, 2.45) is 5.92 Å². The predicted molar refractivity (Wildman–Crippen MR) is 92.8 cm³/mol. The maximum absolute atomic E-state index is 3.77. The first kappa shape index (κ1) is 16.5. The molecular formula is C20H33N. The molecule has 0 heterocycles. The van der Waals surface area contributed by atoms with E-state index in [1.54, 1.807) is 5.56 Å². The molecule has 0 radical (unpaired) electrons. The van der Waals surface area contributed by atoms with E-state index in [9.17, 15) is 0 Å². The number of benzene rings is 1. The van der Waals surface area contributed by atoms with Gasteiger partial charge in [0.15, 0.2) is 0 Å². The molecule has 0 aromatic heterocycles. The van der Waals surface area contributed by atoms with Crippen LogP contribution in [0.3, 0.4) is 0 Å². The highest BCUT2D eigenvalue weighted by molar-refractivity contribution is 5.34. The minimum Gasteiger partial charge on any atom is -0.310 e. The van der Waals surface area contributed by atoms with Gasteiger partial charge >= 0.3 is 0 Å². The summed E-state index contributed by atoms with van der Waals surface area (Å²) >= 11 is 0. The number of aryl methyl sites for hydroxylation is 2. The minimum absolute atomic E-state index is 0.555. The average Bonchev–Trinajstić information content (AvgIpc) is 2.55. The molecule has 0 aliphatic heterocycles. The molecule has 1 nitrogen and oxygen atoms in total. The van der Waals surface area contributed by atoms with Crippen LogP contribution in [0.4, 0.5) is 0 Å². The molecule has 1 aliphatic carbocycles. The van der Waals surface area contributed by atoms with Gasteiger partial charge in [-0.3, -0.25) is 0 Å². The molecule has 1 unspecified atom stereocenters. The Labute approximate surface area is 131 Å². The van der Waals surface area contributed by atoms with Gasteiger partial charge in [0.1, 0.15) is 0 Å². The molecule has 0 bridgehead atoms. The summed E-state index contributed by atoms with van der Waals surface area (Å²) in [5.41, 5.74) is 4.59. The van der Waals surface area contributed by atoms with Crippen LogP contribution in [0, 0.1) is 5.92 Å². The second-order valence-electron chi connectivity index (χ2n) is 6.59. The first-order valence-electron chi connectivity index (χ1n) is 9.13. The average molecular weight is 287 g/mol. The molecule has 0 amide bonds. The van der Waals surface area contributed by atoms with Crippen molar-refractivity contribution in [1.82, 2.24) is 5.32 Å². The first-order chi connectivity index (χ1) is 10.3. The van der Waals surface area contributed by atoms with Crippen molar-refractivity contribution >= 4 is 0 Å². The van der Waals surface area contributed by atoms with Gasteiger partial charge in [0, 0.05) is 6.04 Å². The second-order valence-corrected chi connectivity index (χ2v) is 6.59. The Hall–Kier alpha value is -0.820. The highest BCUT2D eigenvalue weighted by Gasteiger charge is 2.21. The molecule has 0 saturated heterocycles. The van der Waals surface area contributed by atoms with E-state index in [4.69, 9.17) is 0 Å². The van der Waals surface area contributed by atoms with Gasteiger partial charge in [-0.25, -0.2) is 0 Å². The zero-order valence-electron chi connectivity index (χ0n) is 14.3. The summed E-state index contributed by atoms with van der Waals surface area (Å²) in [6, 6.07) is 7.69. The third-order valence-electron chi connectivity index (χ3n) is 5.12. The Morgan fingerprint density at radius 1 is 1.05 bits per heavy atom. The molecule has 1 N–H and O–H groups in total. The summed E-state index contributed by atoms with van der Waals surface area (Å²) in [5, 5.41) is 3.77. The van der Waals surface area contributed by atoms with E-state index < -0.39 is 0 Å². The summed E-state index contributed by atoms with van der Waals surface area (Å²) in [6.45, 7) is 7.85. The minimum atomic E-state index is 0.555. The highest BCUT2D eigenvalue weighted by Crippen LogP contribution is 2.33. The zero-order chi connectivity index (χ0) is 15.1. The summed E-state index contributed by atoms with van der Waals surface area (Å²) in [4.78, 5) is 0. The summed E-state index contributed by atoms with van der Waals surface area (Å²) in [5.74, 6) is 0.929. The molecule has 1 aromatic rings. The smallest absolute Gasteiger partial charge is 0.0325 e. The number of rotatable bonds is 7. The van der Waals surface area contributed by atoms with Gasteiger partial charge < -0.3 is 5.32 Å². The van der Waals surface area contributed by atoms with Crippen LogP contribution in [-0.2, 0) is 12.8 Å². The third kappa shape index (κ3) is 4.57. The van der Waals surface area contributed by atoms with Crippen molar-refractivity contribution in [3.8, 4) is 0 Å². The van der Waals surface area contributed by atoms with E-state index in [-0.39, 0.29) is 0 Å². The standard InChI is InChI=1S/C20H33N/c1-4-16-12-13-18(5-2)19(14-16)20(21-6-3)15-17-10-8-7-9-11-17/h12-14,17,20-21H,4-11,15H2,1-3H3. The summed E-state index contributed by atoms with van der Waals surface area (Å²) in [7, 11) is 0. The second kappa shape index (κ2) is 8.58. The Balaban J connectivity index is 2.18. The van der Waals surface area contributed by atoms with Gasteiger partial charge in [-0.1, -0.05) is 71.1 Å². The van der Waals surface area contributed by atoms with E-state index in [0.717, 1.165) is 25.3 Å². The Morgan fingerprint density at radius 2 is 1.81 bits per heavy atom. The maximum Gasteiger partial charge on any atom is 0.0325 e. The number of nitrogens with one attached hydrogen (secondary N) is 1. The molecule has 0 spiro atoms. The normalized spacial score (nSPS) is 17.9.